The van der Waals surface area contributed by atoms with Crippen LogP contribution in [0.15, 0.2) is 46.9 Å². The van der Waals surface area contributed by atoms with Gasteiger partial charge in [-0.25, -0.2) is 9.78 Å². The third-order valence-electron chi connectivity index (χ3n) is 3.32. The smallest absolute Gasteiger partial charge is 0.348 e. The number of esters is 1. The van der Waals surface area contributed by atoms with Crippen LogP contribution in [-0.2, 0) is 9.53 Å². The Morgan fingerprint density at radius 2 is 1.69 bits per heavy atom. The monoisotopic (exact) mass is 506 g/mol. The number of allylic oxidation sites excluding steroid dienone is 2. The Hall–Kier alpha value is -1.39. The van der Waals surface area contributed by atoms with Crippen molar-refractivity contribution >= 4 is 80.6 Å². The van der Waals surface area contributed by atoms with E-state index in [2.05, 4.69) is 4.98 Å². The number of ether oxygens (including phenoxy) is 1. The Bertz CT molecular complexity index is 1000. The first-order chi connectivity index (χ1) is 13.8. The number of nitriles is 1. The van der Waals surface area contributed by atoms with Gasteiger partial charge in [0.05, 0.1) is 21.5 Å². The first-order valence-electron chi connectivity index (χ1n) is 7.91. The number of thioether (sulfide) groups is 1. The minimum Gasteiger partial charge on any atom is -0.462 e. The van der Waals surface area contributed by atoms with E-state index >= 15 is 0 Å². The molecule has 150 valence electrons. The van der Waals surface area contributed by atoms with Crippen LogP contribution in [-0.4, -0.2) is 17.6 Å². The van der Waals surface area contributed by atoms with Crippen molar-refractivity contribution in [2.24, 2.45) is 0 Å². The van der Waals surface area contributed by atoms with Gasteiger partial charge >= 0.3 is 5.97 Å². The molecule has 2 aromatic rings. The zero-order chi connectivity index (χ0) is 21.6. The van der Waals surface area contributed by atoms with E-state index in [1.54, 1.807) is 37.3 Å². The number of hydrogen-bond donors (Lipinski definition) is 0. The molecule has 1 aromatic heterocycles. The van der Waals surface area contributed by atoms with Crippen LogP contribution < -0.4 is 0 Å². The van der Waals surface area contributed by atoms with Gasteiger partial charge in [-0.2, -0.15) is 5.26 Å². The summed E-state index contributed by atoms with van der Waals surface area (Å²) in [6.45, 7) is 1.80. The number of aromatic nitrogens is 1. The molecule has 1 aromatic carbocycles. The summed E-state index contributed by atoms with van der Waals surface area (Å²) in [5, 5.41) is 10.0. The van der Waals surface area contributed by atoms with Gasteiger partial charge in [-0.15, -0.1) is 0 Å². The predicted molar refractivity (Wildman–Crippen MR) is 120 cm³/mol. The summed E-state index contributed by atoms with van der Waals surface area (Å²) in [5.41, 5.74) is 0.565. The zero-order valence-electron chi connectivity index (χ0n) is 14.7. The molecule has 0 aliphatic heterocycles. The molecule has 29 heavy (non-hydrogen) atoms. The van der Waals surface area contributed by atoms with Crippen molar-refractivity contribution in [1.29, 1.82) is 5.26 Å². The number of halogens is 5. The summed E-state index contributed by atoms with van der Waals surface area (Å²) >= 11 is 31.7. The molecule has 0 radical (unpaired) electrons. The summed E-state index contributed by atoms with van der Waals surface area (Å²) in [6.07, 6.45) is 2.92. The maximum Gasteiger partial charge on any atom is 0.348 e. The predicted octanol–water partition coefficient (Wildman–Crippen LogP) is 7.49. The highest BCUT2D eigenvalue weighted by Crippen LogP contribution is 2.46. The van der Waals surface area contributed by atoms with E-state index in [1.165, 1.54) is 6.08 Å². The van der Waals surface area contributed by atoms with E-state index in [9.17, 15) is 10.1 Å². The van der Waals surface area contributed by atoms with Crippen molar-refractivity contribution in [3.63, 3.8) is 0 Å². The summed E-state index contributed by atoms with van der Waals surface area (Å²) in [7, 11) is 0. The lowest BCUT2D eigenvalue weighted by molar-refractivity contribution is -0.138. The quantitative estimate of drug-likeness (QED) is 0.101. The van der Waals surface area contributed by atoms with Gasteiger partial charge in [-0.3, -0.25) is 0 Å². The zero-order valence-corrected chi connectivity index (χ0v) is 19.3. The van der Waals surface area contributed by atoms with Gasteiger partial charge in [0.1, 0.15) is 11.6 Å². The Morgan fingerprint density at radius 1 is 1.10 bits per heavy atom. The Balaban J connectivity index is 2.57. The second-order valence-corrected chi connectivity index (χ2v) is 8.16. The molecular formula is C19H11Cl5N2O2S. The fraction of sp³-hybridized carbons (Fsp3) is 0.105. The molecule has 0 amide bonds. The maximum absolute atomic E-state index is 11.9. The van der Waals surface area contributed by atoms with Crippen LogP contribution in [0.25, 0.3) is 4.91 Å². The molecule has 0 bridgehead atoms. The van der Waals surface area contributed by atoms with E-state index in [4.69, 9.17) is 62.7 Å². The lowest BCUT2D eigenvalue weighted by Gasteiger charge is -2.12. The highest BCUT2D eigenvalue weighted by molar-refractivity contribution is 8.08. The van der Waals surface area contributed by atoms with Gasteiger partial charge in [0.25, 0.3) is 0 Å². The van der Waals surface area contributed by atoms with Gasteiger partial charge in [0, 0.05) is 9.93 Å². The molecule has 0 atom stereocenters. The third kappa shape index (κ3) is 6.29. The Kier molecular flexibility index (Phi) is 9.16. The lowest BCUT2D eigenvalue weighted by Crippen LogP contribution is -2.05. The number of hydrogen-bond acceptors (Lipinski definition) is 5. The fourth-order valence-electron chi connectivity index (χ4n) is 1.99. The van der Waals surface area contributed by atoms with E-state index in [0.29, 0.717) is 14.8 Å². The minimum atomic E-state index is -0.724. The number of carbonyl (C=O) groups excluding carboxylic acids is 1. The molecule has 1 heterocycles. The van der Waals surface area contributed by atoms with E-state index < -0.39 is 5.97 Å². The van der Waals surface area contributed by atoms with Crippen LogP contribution >= 0.6 is 69.8 Å². The van der Waals surface area contributed by atoms with Crippen LogP contribution in [0.4, 0.5) is 0 Å². The fourth-order valence-corrected chi connectivity index (χ4v) is 4.16. The molecule has 0 fully saturated rings. The molecule has 0 saturated heterocycles. The van der Waals surface area contributed by atoms with Crippen molar-refractivity contribution in [3.05, 3.63) is 72.9 Å². The van der Waals surface area contributed by atoms with Crippen molar-refractivity contribution in [2.45, 2.75) is 11.8 Å². The second-order valence-electron chi connectivity index (χ2n) is 5.20. The van der Waals surface area contributed by atoms with Gasteiger partial charge in [0.2, 0.25) is 0 Å². The van der Waals surface area contributed by atoms with Crippen LogP contribution in [0.1, 0.15) is 12.5 Å². The number of rotatable bonds is 6. The molecule has 2 rings (SSSR count). The summed E-state index contributed by atoms with van der Waals surface area (Å²) < 4.78 is 4.87. The molecule has 0 spiro atoms. The molecular weight excluding hydrogens is 498 g/mol. The highest BCUT2D eigenvalue weighted by atomic mass is 35.5. The molecule has 0 aliphatic carbocycles. The standard InChI is InChI=1S/C19H11Cl5N2O2S/c1-2-28-19(27)11(9-25)5-8-13(10-3-6-12(20)7-4-10)29-16-14(21)17(23)26-18(24)15(16)22/h3-8H,2H2,1H3/b11-5-,13-8-. The lowest BCUT2D eigenvalue weighted by atomic mass is 10.2. The molecule has 0 unspecified atom stereocenters. The van der Waals surface area contributed by atoms with Crippen molar-refractivity contribution < 1.29 is 9.53 Å². The molecule has 0 aliphatic rings. The van der Waals surface area contributed by atoms with Crippen molar-refractivity contribution in [2.75, 3.05) is 6.61 Å². The van der Waals surface area contributed by atoms with Gasteiger partial charge in [-0.1, -0.05) is 81.9 Å². The van der Waals surface area contributed by atoms with Crippen molar-refractivity contribution in [3.8, 4) is 6.07 Å². The average Bonchev–Trinajstić information content (AvgIpc) is 2.69. The number of carbonyl (C=O) groups is 1. The summed E-state index contributed by atoms with van der Waals surface area (Å²) in [4.78, 5) is 16.7. The average molecular weight is 509 g/mol. The topological polar surface area (TPSA) is 63.0 Å². The van der Waals surface area contributed by atoms with E-state index in [0.717, 1.165) is 17.3 Å². The van der Waals surface area contributed by atoms with Crippen LogP contribution in [0, 0.1) is 11.3 Å². The number of benzene rings is 1. The molecule has 4 nitrogen and oxygen atoms in total. The first-order valence-corrected chi connectivity index (χ1v) is 10.6. The Morgan fingerprint density at radius 3 is 2.21 bits per heavy atom. The molecule has 0 saturated carbocycles. The Labute approximate surface area is 197 Å². The second kappa shape index (κ2) is 11.1. The minimum absolute atomic E-state index is 0.00111. The highest BCUT2D eigenvalue weighted by Gasteiger charge is 2.18. The van der Waals surface area contributed by atoms with Crippen LogP contribution in [0.2, 0.25) is 25.4 Å². The summed E-state index contributed by atoms with van der Waals surface area (Å²) in [5.74, 6) is -0.724. The first kappa shape index (κ1) is 23.9. The van der Waals surface area contributed by atoms with Gasteiger partial charge in [-0.05, 0) is 36.8 Å². The largest absolute Gasteiger partial charge is 0.462 e. The van der Waals surface area contributed by atoms with Gasteiger partial charge < -0.3 is 4.74 Å². The molecule has 10 heteroatoms. The molecule has 0 N–H and O–H groups in total. The SMILES string of the molecule is CCOC(=O)/C(C#N)=C\C=C(/Sc1c(Cl)c(Cl)nc(Cl)c1Cl)c1ccc(Cl)cc1. The maximum atomic E-state index is 11.9. The van der Waals surface area contributed by atoms with E-state index in [1.807, 2.05) is 6.07 Å². The third-order valence-corrected chi connectivity index (χ3v) is 6.47. The number of nitrogens with zero attached hydrogens (tertiary/aromatic N) is 2. The normalized spacial score (nSPS) is 11.9. The van der Waals surface area contributed by atoms with Crippen molar-refractivity contribution in [1.82, 2.24) is 4.98 Å². The summed E-state index contributed by atoms with van der Waals surface area (Å²) in [6, 6.07) is 8.73. The van der Waals surface area contributed by atoms with E-state index in [-0.39, 0.29) is 32.5 Å². The van der Waals surface area contributed by atoms with Crippen LogP contribution in [0.3, 0.4) is 0 Å². The van der Waals surface area contributed by atoms with Crippen LogP contribution in [0.5, 0.6) is 0 Å². The van der Waals surface area contributed by atoms with Gasteiger partial charge in [0.15, 0.2) is 10.3 Å². The number of pyridine rings is 1.